The van der Waals surface area contributed by atoms with E-state index in [2.05, 4.69) is 93.7 Å². The van der Waals surface area contributed by atoms with Gasteiger partial charge in [-0.2, -0.15) is 0 Å². The highest BCUT2D eigenvalue weighted by atomic mass is 16.6. The zero-order chi connectivity index (χ0) is 57.8. The summed E-state index contributed by atoms with van der Waals surface area (Å²) in [4.78, 5) is 38.3. The molecule has 6 nitrogen and oxygen atoms in total. The normalized spacial score (nSPS) is 12.5. The van der Waals surface area contributed by atoms with E-state index in [4.69, 9.17) is 14.2 Å². The van der Waals surface area contributed by atoms with Gasteiger partial charge in [0.2, 0.25) is 0 Å². The average Bonchev–Trinajstić information content (AvgIpc) is 3.46. The quantitative estimate of drug-likeness (QED) is 0.0261. The number of hydrogen-bond acceptors (Lipinski definition) is 6. The number of hydrogen-bond donors (Lipinski definition) is 0. The summed E-state index contributed by atoms with van der Waals surface area (Å²) in [5, 5.41) is 0. The molecule has 0 aromatic rings. The lowest BCUT2D eigenvalue weighted by Gasteiger charge is -2.18. The summed E-state index contributed by atoms with van der Waals surface area (Å²) in [5.41, 5.74) is 0. The summed E-state index contributed by atoms with van der Waals surface area (Å²) in [7, 11) is 0. The molecule has 0 bridgehead atoms. The van der Waals surface area contributed by atoms with Gasteiger partial charge in [-0.25, -0.2) is 0 Å². The number of rotatable bonds is 64. The maximum absolute atomic E-state index is 12.9. The minimum Gasteiger partial charge on any atom is -0.462 e. The molecule has 0 saturated heterocycles. The Labute approximate surface area is 497 Å². The number of allylic oxidation sites excluding steroid dienone is 12. The predicted molar refractivity (Wildman–Crippen MR) is 348 cm³/mol. The fourth-order valence-electron chi connectivity index (χ4n) is 10.2. The lowest BCUT2D eigenvalue weighted by molar-refractivity contribution is -0.167. The minimum absolute atomic E-state index is 0.0834. The number of esters is 3. The van der Waals surface area contributed by atoms with Crippen LogP contribution >= 0.6 is 0 Å². The molecule has 0 aliphatic rings. The van der Waals surface area contributed by atoms with Gasteiger partial charge >= 0.3 is 17.9 Å². The van der Waals surface area contributed by atoms with E-state index in [0.717, 1.165) is 122 Å². The number of unbranched alkanes of at least 4 members (excludes halogenated alkanes) is 41. The first-order valence-corrected chi connectivity index (χ1v) is 34.9. The van der Waals surface area contributed by atoms with Gasteiger partial charge in [0.15, 0.2) is 6.10 Å². The van der Waals surface area contributed by atoms with Crippen LogP contribution in [-0.2, 0) is 28.6 Å². The fraction of sp³-hybridized carbons (Fsp3) is 0.797. The summed E-state index contributed by atoms with van der Waals surface area (Å²) in [6.07, 6.45) is 89.6. The van der Waals surface area contributed by atoms with Crippen LogP contribution in [0.2, 0.25) is 0 Å². The molecule has 0 amide bonds. The maximum Gasteiger partial charge on any atom is 0.306 e. The van der Waals surface area contributed by atoms with Gasteiger partial charge in [-0.05, 0) is 83.5 Å². The molecule has 80 heavy (non-hydrogen) atoms. The van der Waals surface area contributed by atoms with Crippen LogP contribution in [-0.4, -0.2) is 37.2 Å². The first-order valence-electron chi connectivity index (χ1n) is 34.9. The summed E-state index contributed by atoms with van der Waals surface area (Å²) in [5.74, 6) is -0.898. The van der Waals surface area contributed by atoms with Gasteiger partial charge in [-0.1, -0.05) is 331 Å². The van der Waals surface area contributed by atoms with Crippen LogP contribution in [0.25, 0.3) is 0 Å². The van der Waals surface area contributed by atoms with Gasteiger partial charge in [0.1, 0.15) is 13.2 Å². The Hall–Kier alpha value is -3.15. The zero-order valence-electron chi connectivity index (χ0n) is 53.3. The Morgan fingerprint density at radius 3 is 0.825 bits per heavy atom. The summed E-state index contributed by atoms with van der Waals surface area (Å²) in [6.45, 7) is 6.49. The highest BCUT2D eigenvalue weighted by Gasteiger charge is 2.19. The third-order valence-corrected chi connectivity index (χ3v) is 15.4. The van der Waals surface area contributed by atoms with Crippen molar-refractivity contribution in [1.82, 2.24) is 0 Å². The number of carbonyl (C=O) groups is 3. The summed E-state index contributed by atoms with van der Waals surface area (Å²) >= 11 is 0. The molecule has 0 N–H and O–H groups in total. The summed E-state index contributed by atoms with van der Waals surface area (Å²) in [6, 6.07) is 0. The van der Waals surface area contributed by atoms with Crippen molar-refractivity contribution in [2.45, 2.75) is 367 Å². The van der Waals surface area contributed by atoms with Gasteiger partial charge in [0.25, 0.3) is 0 Å². The Morgan fingerprint density at radius 1 is 0.263 bits per heavy atom. The van der Waals surface area contributed by atoms with Crippen molar-refractivity contribution in [3.63, 3.8) is 0 Å². The van der Waals surface area contributed by atoms with Crippen molar-refractivity contribution in [2.75, 3.05) is 13.2 Å². The van der Waals surface area contributed by atoms with E-state index < -0.39 is 6.10 Å². The van der Waals surface area contributed by atoms with Crippen LogP contribution in [0.5, 0.6) is 0 Å². The molecule has 0 aliphatic heterocycles. The van der Waals surface area contributed by atoms with E-state index >= 15 is 0 Å². The van der Waals surface area contributed by atoms with E-state index in [-0.39, 0.29) is 31.1 Å². The van der Waals surface area contributed by atoms with Crippen molar-refractivity contribution < 1.29 is 28.6 Å². The van der Waals surface area contributed by atoms with E-state index in [9.17, 15) is 14.4 Å². The molecule has 1 unspecified atom stereocenters. The molecule has 6 heteroatoms. The molecule has 1 atom stereocenters. The third-order valence-electron chi connectivity index (χ3n) is 15.4. The molecule has 0 aromatic heterocycles. The first kappa shape index (κ1) is 76.9. The van der Waals surface area contributed by atoms with Gasteiger partial charge in [0, 0.05) is 19.3 Å². The summed E-state index contributed by atoms with van der Waals surface area (Å²) < 4.78 is 16.9. The van der Waals surface area contributed by atoms with Gasteiger partial charge < -0.3 is 14.2 Å². The van der Waals surface area contributed by atoms with Gasteiger partial charge in [-0.3, -0.25) is 14.4 Å². The Bertz CT molecular complexity index is 1470. The Kier molecular flexibility index (Phi) is 65.7. The SMILES string of the molecule is CC/C=C\C/C=C\C/C=C\C/C=C\C/C=C\CCCCCCCC(=O)OC(COC(=O)CCCCCCC/C=C\CCC)COC(=O)CCCCCCCCCCCCCCCCCCCCCCCCCCCCCCCCC. The molecule has 0 aliphatic carbocycles. The van der Waals surface area contributed by atoms with Crippen molar-refractivity contribution in [1.29, 1.82) is 0 Å². The maximum atomic E-state index is 12.9. The Morgan fingerprint density at radius 2 is 0.512 bits per heavy atom. The second-order valence-corrected chi connectivity index (χ2v) is 23.4. The first-order chi connectivity index (χ1) is 39.5. The molecule has 0 radical (unpaired) electrons. The minimum atomic E-state index is -0.789. The molecule has 0 fully saturated rings. The molecular weight excluding hydrogens is 985 g/mol. The smallest absolute Gasteiger partial charge is 0.306 e. The van der Waals surface area contributed by atoms with E-state index in [1.807, 2.05) is 0 Å². The lowest BCUT2D eigenvalue weighted by atomic mass is 10.0. The second-order valence-electron chi connectivity index (χ2n) is 23.4. The molecular formula is C74H132O6. The monoisotopic (exact) mass is 1120 g/mol. The number of ether oxygens (including phenoxy) is 3. The van der Waals surface area contributed by atoms with Crippen LogP contribution in [0.4, 0.5) is 0 Å². The van der Waals surface area contributed by atoms with E-state index in [1.54, 1.807) is 0 Å². The number of carbonyl (C=O) groups excluding carboxylic acids is 3. The molecule has 0 spiro atoms. The van der Waals surface area contributed by atoms with Crippen LogP contribution in [0.3, 0.4) is 0 Å². The van der Waals surface area contributed by atoms with E-state index in [0.29, 0.717) is 19.3 Å². The molecule has 0 saturated carbocycles. The Balaban J connectivity index is 4.14. The standard InChI is InChI=1S/C74H132O6/c1-4-7-10-13-16-19-22-24-26-28-30-32-33-34-35-36-37-38-39-40-41-43-44-46-48-50-52-55-58-61-64-67-73(76)79-70-71(69-78-72(75)66-63-60-57-54-21-18-15-12-9-6-3)80-74(77)68-65-62-59-56-53-51-49-47-45-42-31-29-27-25-23-20-17-14-11-8-5-2/h8,11-12,15,17,20,25,27,31,42,47,49,71H,4-7,9-10,13-14,16,18-19,21-24,26,28-30,32-41,43-46,48,50-70H2,1-3H3/b11-8-,15-12-,20-17-,27-25-,42-31-,49-47-. The van der Waals surface area contributed by atoms with Crippen molar-refractivity contribution in [3.05, 3.63) is 72.9 Å². The largest absolute Gasteiger partial charge is 0.462 e. The lowest BCUT2D eigenvalue weighted by Crippen LogP contribution is -2.30. The second kappa shape index (κ2) is 68.3. The van der Waals surface area contributed by atoms with Gasteiger partial charge in [-0.15, -0.1) is 0 Å². The highest BCUT2D eigenvalue weighted by Crippen LogP contribution is 2.18. The van der Waals surface area contributed by atoms with E-state index in [1.165, 1.54) is 199 Å². The van der Waals surface area contributed by atoms with Crippen molar-refractivity contribution in [2.24, 2.45) is 0 Å². The topological polar surface area (TPSA) is 78.9 Å². The van der Waals surface area contributed by atoms with Gasteiger partial charge in [0.05, 0.1) is 0 Å². The van der Waals surface area contributed by atoms with Crippen LogP contribution in [0.15, 0.2) is 72.9 Å². The molecule has 0 heterocycles. The third kappa shape index (κ3) is 65.7. The van der Waals surface area contributed by atoms with Crippen LogP contribution in [0, 0.1) is 0 Å². The van der Waals surface area contributed by atoms with Crippen LogP contribution < -0.4 is 0 Å². The highest BCUT2D eigenvalue weighted by molar-refractivity contribution is 5.71. The molecule has 0 aromatic carbocycles. The van der Waals surface area contributed by atoms with Crippen molar-refractivity contribution in [3.8, 4) is 0 Å². The zero-order valence-corrected chi connectivity index (χ0v) is 53.3. The molecule has 464 valence electrons. The fourth-order valence-corrected chi connectivity index (χ4v) is 10.2. The average molecular weight is 1120 g/mol. The predicted octanol–water partition coefficient (Wildman–Crippen LogP) is 24.1. The molecule has 0 rings (SSSR count). The van der Waals surface area contributed by atoms with Crippen LogP contribution in [0.1, 0.15) is 361 Å². The van der Waals surface area contributed by atoms with Crippen molar-refractivity contribution >= 4 is 17.9 Å².